The summed E-state index contributed by atoms with van der Waals surface area (Å²) in [5.74, 6) is -5.03. The van der Waals surface area contributed by atoms with Crippen LogP contribution in [0.5, 0.6) is 0 Å². The third-order valence-corrected chi connectivity index (χ3v) is 3.67. The van der Waals surface area contributed by atoms with E-state index in [2.05, 4.69) is 0 Å². The van der Waals surface area contributed by atoms with Crippen LogP contribution in [0.3, 0.4) is 0 Å². The maximum absolute atomic E-state index is 13.4. The molecule has 1 atom stereocenters. The second-order valence-electron chi connectivity index (χ2n) is 3.76. The normalized spacial score (nSPS) is 12.9. The molecule has 7 nitrogen and oxygen atoms in total. The van der Waals surface area contributed by atoms with Crippen LogP contribution >= 0.6 is 0 Å². The molecule has 0 aliphatic rings. The molecule has 0 bridgehead atoms. The first kappa shape index (κ1) is 16.0. The van der Waals surface area contributed by atoms with Gasteiger partial charge in [-0.3, -0.25) is 9.59 Å². The van der Waals surface area contributed by atoms with Gasteiger partial charge in [-0.2, -0.15) is 4.72 Å². The van der Waals surface area contributed by atoms with Gasteiger partial charge in [-0.25, -0.2) is 17.2 Å². The molecule has 0 aliphatic heterocycles. The van der Waals surface area contributed by atoms with Crippen LogP contribution in [0.2, 0.25) is 0 Å². The predicted octanol–water partition coefficient (Wildman–Crippen LogP) is -0.428. The molecule has 0 unspecified atom stereocenters. The third kappa shape index (κ3) is 3.96. The van der Waals surface area contributed by atoms with Crippen LogP contribution in [-0.4, -0.2) is 31.4 Å². The van der Waals surface area contributed by atoms with Crippen LogP contribution < -0.4 is 10.5 Å². The Kier molecular flexibility index (Phi) is 4.73. The molecule has 0 saturated carbocycles. The quantitative estimate of drug-likeness (QED) is 0.657. The van der Waals surface area contributed by atoms with Crippen molar-refractivity contribution in [2.24, 2.45) is 5.73 Å². The summed E-state index contributed by atoms with van der Waals surface area (Å²) in [6.45, 7) is 0. The van der Waals surface area contributed by atoms with E-state index < -0.39 is 50.9 Å². The molecule has 10 heteroatoms. The van der Waals surface area contributed by atoms with E-state index >= 15 is 0 Å². The molecule has 20 heavy (non-hydrogen) atoms. The Morgan fingerprint density at radius 3 is 2.45 bits per heavy atom. The molecule has 0 fully saturated rings. The molecule has 0 spiro atoms. The van der Waals surface area contributed by atoms with E-state index in [1.165, 1.54) is 0 Å². The van der Waals surface area contributed by atoms with Crippen LogP contribution in [0.15, 0.2) is 23.1 Å². The summed E-state index contributed by atoms with van der Waals surface area (Å²) in [5.41, 5.74) is 4.77. The van der Waals surface area contributed by atoms with E-state index in [4.69, 9.17) is 10.8 Å². The number of halogens is 2. The van der Waals surface area contributed by atoms with E-state index in [9.17, 15) is 26.8 Å². The molecule has 1 aromatic rings. The number of carboxylic acid groups (broad SMARTS) is 1. The van der Waals surface area contributed by atoms with Crippen molar-refractivity contribution in [3.63, 3.8) is 0 Å². The van der Waals surface area contributed by atoms with E-state index in [1.54, 1.807) is 4.72 Å². The Hall–Kier alpha value is -2.07. The third-order valence-electron chi connectivity index (χ3n) is 2.18. The van der Waals surface area contributed by atoms with Crippen molar-refractivity contribution in [1.29, 1.82) is 0 Å². The lowest BCUT2D eigenvalue weighted by Gasteiger charge is -2.13. The van der Waals surface area contributed by atoms with Crippen LogP contribution in [0.1, 0.15) is 6.42 Å². The van der Waals surface area contributed by atoms with Gasteiger partial charge in [0.25, 0.3) is 0 Å². The lowest BCUT2D eigenvalue weighted by atomic mass is 10.2. The number of nitrogens with two attached hydrogens (primary N) is 1. The van der Waals surface area contributed by atoms with Gasteiger partial charge in [0.15, 0.2) is 0 Å². The predicted molar refractivity (Wildman–Crippen MR) is 61.9 cm³/mol. The summed E-state index contributed by atoms with van der Waals surface area (Å²) in [6, 6.07) is -0.207. The molecular weight excluding hydrogens is 298 g/mol. The number of sulfonamides is 1. The summed E-state index contributed by atoms with van der Waals surface area (Å²) >= 11 is 0. The number of carbonyl (C=O) groups is 2. The highest BCUT2D eigenvalue weighted by molar-refractivity contribution is 7.89. The summed E-state index contributed by atoms with van der Waals surface area (Å²) in [6.07, 6.45) is -0.828. The number of rotatable bonds is 6. The van der Waals surface area contributed by atoms with E-state index in [1.807, 2.05) is 0 Å². The lowest BCUT2D eigenvalue weighted by Crippen LogP contribution is -2.43. The van der Waals surface area contributed by atoms with Crippen LogP contribution in [-0.2, 0) is 19.6 Å². The maximum Gasteiger partial charge on any atom is 0.322 e. The van der Waals surface area contributed by atoms with Gasteiger partial charge in [0, 0.05) is 0 Å². The van der Waals surface area contributed by atoms with Crippen LogP contribution in [0, 0.1) is 11.6 Å². The average molecular weight is 308 g/mol. The van der Waals surface area contributed by atoms with Gasteiger partial charge in [-0.15, -0.1) is 0 Å². The zero-order valence-electron chi connectivity index (χ0n) is 9.84. The molecule has 0 saturated heterocycles. The topological polar surface area (TPSA) is 127 Å². The summed E-state index contributed by atoms with van der Waals surface area (Å²) in [5, 5.41) is 8.75. The molecule has 1 rings (SSSR count). The van der Waals surface area contributed by atoms with Gasteiger partial charge < -0.3 is 10.8 Å². The number of benzene rings is 1. The number of amides is 1. The molecule has 0 heterocycles. The Morgan fingerprint density at radius 1 is 1.35 bits per heavy atom. The zero-order chi connectivity index (χ0) is 15.5. The fraction of sp³-hybridized carbons (Fsp3) is 0.200. The monoisotopic (exact) mass is 308 g/mol. The second-order valence-corrected chi connectivity index (χ2v) is 5.44. The number of primary amides is 1. The van der Waals surface area contributed by atoms with Gasteiger partial charge in [0.1, 0.15) is 22.6 Å². The van der Waals surface area contributed by atoms with Crippen molar-refractivity contribution in [3.8, 4) is 0 Å². The van der Waals surface area contributed by atoms with E-state index in [-0.39, 0.29) is 0 Å². The second kappa shape index (κ2) is 5.92. The van der Waals surface area contributed by atoms with Crippen molar-refractivity contribution < 1.29 is 31.9 Å². The smallest absolute Gasteiger partial charge is 0.322 e. The first-order chi connectivity index (χ1) is 9.13. The van der Waals surface area contributed by atoms with Gasteiger partial charge >= 0.3 is 5.97 Å². The molecule has 0 radical (unpaired) electrons. The number of hydrogen-bond acceptors (Lipinski definition) is 4. The fourth-order valence-corrected chi connectivity index (χ4v) is 2.59. The number of aliphatic carboxylic acids is 1. The number of nitrogens with one attached hydrogen (secondary N) is 1. The summed E-state index contributed by atoms with van der Waals surface area (Å²) in [4.78, 5) is 20.4. The number of hydrogen-bond donors (Lipinski definition) is 3. The summed E-state index contributed by atoms with van der Waals surface area (Å²) in [7, 11) is -4.66. The zero-order valence-corrected chi connectivity index (χ0v) is 10.7. The molecule has 4 N–H and O–H groups in total. The molecule has 0 aliphatic carbocycles. The summed E-state index contributed by atoms with van der Waals surface area (Å²) < 4.78 is 51.4. The molecule has 1 aromatic carbocycles. The van der Waals surface area contributed by atoms with Crippen molar-refractivity contribution in [2.45, 2.75) is 17.4 Å². The first-order valence-electron chi connectivity index (χ1n) is 5.12. The van der Waals surface area contributed by atoms with Gasteiger partial charge in [0.2, 0.25) is 15.9 Å². The maximum atomic E-state index is 13.4. The highest BCUT2D eigenvalue weighted by atomic mass is 32.2. The van der Waals surface area contributed by atoms with Crippen molar-refractivity contribution >= 4 is 21.9 Å². The highest BCUT2D eigenvalue weighted by Gasteiger charge is 2.29. The van der Waals surface area contributed by atoms with Gasteiger partial charge in [-0.05, 0) is 18.2 Å². The van der Waals surface area contributed by atoms with E-state index in [0.29, 0.717) is 18.2 Å². The minimum absolute atomic E-state index is 0.390. The lowest BCUT2D eigenvalue weighted by molar-refractivity contribution is -0.140. The average Bonchev–Trinajstić information content (AvgIpc) is 2.30. The van der Waals surface area contributed by atoms with Crippen molar-refractivity contribution in [3.05, 3.63) is 29.8 Å². The first-order valence-corrected chi connectivity index (χ1v) is 6.60. The standard InChI is InChI=1S/C10H10F2N2O5S/c11-5-1-2-6(12)8(3-5)20(18,19)14-7(10(16)17)4-9(13)15/h1-3,7,14H,4H2,(H2,13,15)(H,16,17)/t7-/m0/s1. The minimum Gasteiger partial charge on any atom is -0.480 e. The van der Waals surface area contributed by atoms with Gasteiger partial charge in [-0.1, -0.05) is 0 Å². The number of carbonyl (C=O) groups excluding carboxylic acids is 1. The Bertz CT molecular complexity index is 647. The molecule has 1 amide bonds. The Morgan fingerprint density at radius 2 is 1.95 bits per heavy atom. The molecule has 0 aromatic heterocycles. The molecular formula is C10H10F2N2O5S. The largest absolute Gasteiger partial charge is 0.480 e. The minimum atomic E-state index is -4.66. The Balaban J connectivity index is 3.12. The number of carboxylic acids is 1. The van der Waals surface area contributed by atoms with Gasteiger partial charge in [0.05, 0.1) is 6.42 Å². The van der Waals surface area contributed by atoms with Crippen LogP contribution in [0.25, 0.3) is 0 Å². The van der Waals surface area contributed by atoms with Crippen LogP contribution in [0.4, 0.5) is 8.78 Å². The fourth-order valence-electron chi connectivity index (χ4n) is 1.31. The SMILES string of the molecule is NC(=O)C[C@H](NS(=O)(=O)c1cc(F)ccc1F)C(=O)O. The van der Waals surface area contributed by atoms with Crippen molar-refractivity contribution in [2.75, 3.05) is 0 Å². The highest BCUT2D eigenvalue weighted by Crippen LogP contribution is 2.16. The Labute approximate surface area is 112 Å². The van der Waals surface area contributed by atoms with Crippen molar-refractivity contribution in [1.82, 2.24) is 4.72 Å². The molecule has 110 valence electrons. The van der Waals surface area contributed by atoms with E-state index in [0.717, 1.165) is 0 Å².